The summed E-state index contributed by atoms with van der Waals surface area (Å²) in [6.07, 6.45) is 0.940. The van der Waals surface area contributed by atoms with Crippen LogP contribution in [0.2, 0.25) is 0 Å². The second-order valence-corrected chi connectivity index (χ2v) is 8.77. The second kappa shape index (κ2) is 8.09. The number of sulfonamides is 1. The molecule has 0 radical (unpaired) electrons. The van der Waals surface area contributed by atoms with Crippen molar-refractivity contribution < 1.29 is 22.7 Å². The standard InChI is InChI=1S/C15H22N2O5S2/c1-3-12-4-7-15(23-12)24(20,21)17-10-8-16(9-11-17)13(18)5-6-14(19)22-2/h4,7H,3,5-6,8-11H2,1-2H3. The smallest absolute Gasteiger partial charge is 0.306 e. The van der Waals surface area contributed by atoms with E-state index in [2.05, 4.69) is 4.74 Å². The average Bonchev–Trinajstić information content (AvgIpc) is 3.09. The Labute approximate surface area is 146 Å². The molecule has 1 aliphatic rings. The minimum absolute atomic E-state index is 0.0445. The van der Waals surface area contributed by atoms with Gasteiger partial charge in [0.1, 0.15) is 4.21 Å². The zero-order valence-corrected chi connectivity index (χ0v) is 15.5. The Morgan fingerprint density at radius 3 is 2.38 bits per heavy atom. The van der Waals surface area contributed by atoms with E-state index in [4.69, 9.17) is 0 Å². The summed E-state index contributed by atoms with van der Waals surface area (Å²) in [6.45, 7) is 3.20. The third-order valence-electron chi connectivity index (χ3n) is 3.94. The van der Waals surface area contributed by atoms with Crippen LogP contribution in [0.4, 0.5) is 0 Å². The molecule has 0 atom stereocenters. The Morgan fingerprint density at radius 1 is 1.17 bits per heavy atom. The quantitative estimate of drug-likeness (QED) is 0.696. The summed E-state index contributed by atoms with van der Waals surface area (Å²) in [6, 6.07) is 3.48. The molecule has 0 saturated carbocycles. The molecule has 7 nitrogen and oxygen atoms in total. The lowest BCUT2D eigenvalue weighted by molar-refractivity contribution is -0.143. The lowest BCUT2D eigenvalue weighted by atomic mass is 10.2. The van der Waals surface area contributed by atoms with Gasteiger partial charge < -0.3 is 9.64 Å². The monoisotopic (exact) mass is 374 g/mol. The number of nitrogens with zero attached hydrogens (tertiary/aromatic N) is 2. The summed E-state index contributed by atoms with van der Waals surface area (Å²) in [5.74, 6) is -0.573. The van der Waals surface area contributed by atoms with Crippen molar-refractivity contribution in [1.82, 2.24) is 9.21 Å². The van der Waals surface area contributed by atoms with Crippen LogP contribution in [0.3, 0.4) is 0 Å². The number of esters is 1. The number of hydrogen-bond acceptors (Lipinski definition) is 6. The number of piperazine rings is 1. The van der Waals surface area contributed by atoms with Gasteiger partial charge in [0.2, 0.25) is 5.91 Å². The van der Waals surface area contributed by atoms with Crippen molar-refractivity contribution >= 4 is 33.2 Å². The van der Waals surface area contributed by atoms with Gasteiger partial charge in [-0.25, -0.2) is 8.42 Å². The number of hydrogen-bond donors (Lipinski definition) is 0. The summed E-state index contributed by atoms with van der Waals surface area (Å²) in [7, 11) is -2.21. The summed E-state index contributed by atoms with van der Waals surface area (Å²) >= 11 is 1.29. The minimum atomic E-state index is -3.49. The van der Waals surface area contributed by atoms with Crippen LogP contribution in [0.5, 0.6) is 0 Å². The van der Waals surface area contributed by atoms with Gasteiger partial charge in [-0.3, -0.25) is 9.59 Å². The Bertz CT molecular complexity index is 690. The van der Waals surface area contributed by atoms with E-state index in [9.17, 15) is 18.0 Å². The molecule has 9 heteroatoms. The van der Waals surface area contributed by atoms with Crippen molar-refractivity contribution in [2.24, 2.45) is 0 Å². The number of amides is 1. The number of aryl methyl sites for hydroxylation is 1. The minimum Gasteiger partial charge on any atom is -0.469 e. The highest BCUT2D eigenvalue weighted by Gasteiger charge is 2.31. The highest BCUT2D eigenvalue weighted by atomic mass is 32.2. The highest BCUT2D eigenvalue weighted by Crippen LogP contribution is 2.26. The SMILES string of the molecule is CCc1ccc(S(=O)(=O)N2CCN(C(=O)CCC(=O)OC)CC2)s1. The third-order valence-corrected chi connectivity index (χ3v) is 7.54. The predicted octanol–water partition coefficient (Wildman–Crippen LogP) is 1.10. The van der Waals surface area contributed by atoms with Crippen LogP contribution >= 0.6 is 11.3 Å². The van der Waals surface area contributed by atoms with E-state index in [0.717, 1.165) is 11.3 Å². The molecular formula is C15H22N2O5S2. The predicted molar refractivity (Wildman–Crippen MR) is 90.3 cm³/mol. The van der Waals surface area contributed by atoms with Crippen LogP contribution in [0.15, 0.2) is 16.3 Å². The maximum absolute atomic E-state index is 12.6. The van der Waals surface area contributed by atoms with Crippen LogP contribution in [0.25, 0.3) is 0 Å². The van der Waals surface area contributed by atoms with Gasteiger partial charge in [-0.1, -0.05) is 6.92 Å². The summed E-state index contributed by atoms with van der Waals surface area (Å²) in [5, 5.41) is 0. The van der Waals surface area contributed by atoms with E-state index < -0.39 is 16.0 Å². The van der Waals surface area contributed by atoms with Crippen molar-refractivity contribution in [3.63, 3.8) is 0 Å². The van der Waals surface area contributed by atoms with Crippen LogP contribution in [-0.2, 0) is 30.8 Å². The molecule has 0 aromatic carbocycles. The molecule has 2 heterocycles. The van der Waals surface area contributed by atoms with Crippen LogP contribution in [-0.4, -0.2) is 62.8 Å². The number of ether oxygens (including phenoxy) is 1. The fourth-order valence-corrected chi connectivity index (χ4v) is 5.33. The maximum Gasteiger partial charge on any atom is 0.306 e. The molecule has 1 amide bonds. The van der Waals surface area contributed by atoms with E-state index in [1.165, 1.54) is 22.8 Å². The van der Waals surface area contributed by atoms with Gasteiger partial charge in [0.25, 0.3) is 10.0 Å². The van der Waals surface area contributed by atoms with E-state index in [1.54, 1.807) is 11.0 Å². The van der Waals surface area contributed by atoms with Crippen LogP contribution in [0, 0.1) is 0 Å². The van der Waals surface area contributed by atoms with E-state index >= 15 is 0 Å². The lowest BCUT2D eigenvalue weighted by Gasteiger charge is -2.33. The molecule has 1 fully saturated rings. The largest absolute Gasteiger partial charge is 0.469 e. The van der Waals surface area contributed by atoms with Gasteiger partial charge >= 0.3 is 5.97 Å². The normalized spacial score (nSPS) is 16.2. The van der Waals surface area contributed by atoms with Gasteiger partial charge in [-0.05, 0) is 18.6 Å². The second-order valence-electron chi connectivity index (χ2n) is 5.44. The van der Waals surface area contributed by atoms with Gasteiger partial charge in [-0.2, -0.15) is 4.31 Å². The van der Waals surface area contributed by atoms with Crippen molar-refractivity contribution in [2.45, 2.75) is 30.4 Å². The molecular weight excluding hydrogens is 352 g/mol. The number of carbonyl (C=O) groups excluding carboxylic acids is 2. The van der Waals surface area contributed by atoms with Gasteiger partial charge in [0.05, 0.1) is 13.5 Å². The number of methoxy groups -OCH3 is 1. The number of rotatable bonds is 6. The summed E-state index contributed by atoms with van der Waals surface area (Å²) in [5.41, 5.74) is 0. The topological polar surface area (TPSA) is 84.0 Å². The van der Waals surface area contributed by atoms with Gasteiger partial charge in [0, 0.05) is 37.5 Å². The van der Waals surface area contributed by atoms with Crippen molar-refractivity contribution in [1.29, 1.82) is 0 Å². The van der Waals surface area contributed by atoms with Crippen molar-refractivity contribution in [2.75, 3.05) is 33.3 Å². The molecule has 2 rings (SSSR count). The summed E-state index contributed by atoms with van der Waals surface area (Å²) < 4.78 is 31.5. The number of thiophene rings is 1. The Hall–Kier alpha value is -1.45. The van der Waals surface area contributed by atoms with E-state index in [1.807, 2.05) is 13.0 Å². The molecule has 0 unspecified atom stereocenters. The lowest BCUT2D eigenvalue weighted by Crippen LogP contribution is -2.50. The first kappa shape index (κ1) is 18.9. The van der Waals surface area contributed by atoms with Crippen molar-refractivity contribution in [3.05, 3.63) is 17.0 Å². The molecule has 24 heavy (non-hydrogen) atoms. The third kappa shape index (κ3) is 4.34. The van der Waals surface area contributed by atoms with Gasteiger partial charge in [0.15, 0.2) is 0 Å². The Balaban J connectivity index is 1.92. The Kier molecular flexibility index (Phi) is 6.36. The summed E-state index contributed by atoms with van der Waals surface area (Å²) in [4.78, 5) is 25.8. The molecule has 0 N–H and O–H groups in total. The van der Waals surface area contributed by atoms with Gasteiger partial charge in [-0.15, -0.1) is 11.3 Å². The molecule has 134 valence electrons. The fraction of sp³-hybridized carbons (Fsp3) is 0.600. The first-order valence-corrected chi connectivity index (χ1v) is 10.1. The molecule has 0 spiro atoms. The molecule has 1 saturated heterocycles. The number of carbonyl (C=O) groups is 2. The van der Waals surface area contributed by atoms with Crippen LogP contribution < -0.4 is 0 Å². The molecule has 1 aliphatic heterocycles. The molecule has 1 aromatic heterocycles. The molecule has 1 aromatic rings. The first-order chi connectivity index (χ1) is 11.4. The van der Waals surface area contributed by atoms with E-state index in [-0.39, 0.29) is 31.8 Å². The Morgan fingerprint density at radius 2 is 1.83 bits per heavy atom. The molecule has 0 aliphatic carbocycles. The first-order valence-electron chi connectivity index (χ1n) is 7.82. The highest BCUT2D eigenvalue weighted by molar-refractivity contribution is 7.91. The molecule has 0 bridgehead atoms. The maximum atomic E-state index is 12.6. The zero-order valence-electron chi connectivity index (χ0n) is 13.9. The van der Waals surface area contributed by atoms with E-state index in [0.29, 0.717) is 17.3 Å². The average molecular weight is 374 g/mol. The fourth-order valence-electron chi connectivity index (χ4n) is 2.46. The van der Waals surface area contributed by atoms with Crippen molar-refractivity contribution in [3.8, 4) is 0 Å². The zero-order chi connectivity index (χ0) is 17.7. The van der Waals surface area contributed by atoms with Crippen LogP contribution in [0.1, 0.15) is 24.6 Å².